The van der Waals surface area contributed by atoms with Crippen LogP contribution in [0.4, 0.5) is 5.69 Å². The summed E-state index contributed by atoms with van der Waals surface area (Å²) in [6.07, 6.45) is 3.93. The second-order valence-electron chi connectivity index (χ2n) is 8.77. The SMILES string of the molecule is [C-]#[N+]c1cnc2c(c1)c(C(=O)C[C@@H](C)CC(=O)O)c(CCCCO[C@H](C)c1ccccc1)n2C. The molecule has 0 aliphatic carbocycles. The first-order valence-electron chi connectivity index (χ1n) is 11.6. The molecule has 7 nitrogen and oxygen atoms in total. The summed E-state index contributed by atoms with van der Waals surface area (Å²) < 4.78 is 7.90. The zero-order valence-corrected chi connectivity index (χ0v) is 20.0. The van der Waals surface area contributed by atoms with Crippen molar-refractivity contribution in [3.8, 4) is 0 Å². The first-order chi connectivity index (χ1) is 16.3. The molecule has 0 fully saturated rings. The van der Waals surface area contributed by atoms with Gasteiger partial charge >= 0.3 is 5.97 Å². The number of nitrogens with zero attached hydrogens (tertiary/aromatic N) is 3. The molecule has 1 aromatic carbocycles. The van der Waals surface area contributed by atoms with Crippen molar-refractivity contribution < 1.29 is 19.4 Å². The number of aromatic nitrogens is 2. The Kier molecular flexibility index (Phi) is 8.55. The molecule has 2 aromatic heterocycles. The number of carbonyl (C=O) groups is 2. The van der Waals surface area contributed by atoms with Crippen LogP contribution in [-0.4, -0.2) is 33.0 Å². The van der Waals surface area contributed by atoms with Crippen LogP contribution in [0.3, 0.4) is 0 Å². The fourth-order valence-electron chi connectivity index (χ4n) is 4.28. The molecule has 34 heavy (non-hydrogen) atoms. The molecule has 0 saturated heterocycles. The number of hydrogen-bond acceptors (Lipinski definition) is 4. The highest BCUT2D eigenvalue weighted by Crippen LogP contribution is 2.30. The predicted octanol–water partition coefficient (Wildman–Crippen LogP) is 5.91. The number of unbranched alkanes of at least 4 members (excludes halogenated alkanes) is 1. The number of rotatable bonds is 12. The normalized spacial score (nSPS) is 12.9. The van der Waals surface area contributed by atoms with Crippen LogP contribution < -0.4 is 0 Å². The summed E-state index contributed by atoms with van der Waals surface area (Å²) in [5.41, 5.74) is 3.60. The van der Waals surface area contributed by atoms with Crippen LogP contribution in [-0.2, 0) is 23.0 Å². The Bertz CT molecular complexity index is 1190. The molecule has 0 unspecified atom stereocenters. The average molecular weight is 462 g/mol. The molecule has 0 radical (unpaired) electrons. The monoisotopic (exact) mass is 461 g/mol. The molecule has 178 valence electrons. The number of benzene rings is 1. The molecule has 2 atom stereocenters. The molecule has 0 saturated carbocycles. The fraction of sp³-hybridized carbons (Fsp3) is 0.407. The van der Waals surface area contributed by atoms with Crippen LogP contribution in [0.25, 0.3) is 15.9 Å². The number of carboxylic acid groups (broad SMARTS) is 1. The maximum Gasteiger partial charge on any atom is 0.303 e. The Morgan fingerprint density at radius 1 is 1.18 bits per heavy atom. The van der Waals surface area contributed by atoms with E-state index in [9.17, 15) is 9.59 Å². The lowest BCUT2D eigenvalue weighted by Gasteiger charge is -2.14. The lowest BCUT2D eigenvalue weighted by Crippen LogP contribution is -2.12. The summed E-state index contributed by atoms with van der Waals surface area (Å²) in [6.45, 7) is 11.7. The van der Waals surface area contributed by atoms with E-state index in [2.05, 4.69) is 9.83 Å². The second-order valence-corrected chi connectivity index (χ2v) is 8.77. The molecule has 0 aliphatic heterocycles. The van der Waals surface area contributed by atoms with Gasteiger partial charge in [-0.1, -0.05) is 37.3 Å². The number of carbonyl (C=O) groups excluding carboxylic acids is 1. The van der Waals surface area contributed by atoms with Gasteiger partial charge in [0.15, 0.2) is 5.78 Å². The lowest BCUT2D eigenvalue weighted by atomic mass is 9.94. The van der Waals surface area contributed by atoms with Gasteiger partial charge in [-0.05, 0) is 43.7 Å². The Morgan fingerprint density at radius 2 is 1.91 bits per heavy atom. The van der Waals surface area contributed by atoms with Crippen molar-refractivity contribution in [2.75, 3.05) is 6.61 Å². The second kappa shape index (κ2) is 11.6. The minimum absolute atomic E-state index is 0.0166. The van der Waals surface area contributed by atoms with Gasteiger partial charge in [0.05, 0.1) is 12.7 Å². The van der Waals surface area contributed by atoms with E-state index in [0.29, 0.717) is 35.3 Å². The molecule has 0 spiro atoms. The Balaban J connectivity index is 1.74. The minimum Gasteiger partial charge on any atom is -0.481 e. The number of carboxylic acids is 1. The molecule has 0 aliphatic rings. The zero-order valence-electron chi connectivity index (χ0n) is 20.0. The molecule has 1 N–H and O–H groups in total. The fourth-order valence-corrected chi connectivity index (χ4v) is 4.28. The maximum absolute atomic E-state index is 13.3. The zero-order chi connectivity index (χ0) is 24.7. The standard InChI is InChI=1S/C27H31N3O4/c1-18(15-25(32)33)14-24(31)26-22-16-21(28-3)17-29-27(22)30(4)23(26)12-8-9-13-34-19(2)20-10-6-5-7-11-20/h5-7,10-11,16-19H,8-9,12-15H2,1-2,4H3,(H,32,33)/t18-,19-/m1/s1. The summed E-state index contributed by atoms with van der Waals surface area (Å²) in [7, 11) is 1.88. The summed E-state index contributed by atoms with van der Waals surface area (Å²) in [5.74, 6) is -1.30. The number of pyridine rings is 1. The summed E-state index contributed by atoms with van der Waals surface area (Å²) in [5, 5.41) is 9.73. The topological polar surface area (TPSA) is 85.8 Å². The highest BCUT2D eigenvalue weighted by atomic mass is 16.5. The number of Topliss-reactive ketones (excluding diaryl/α,β-unsaturated/α-hetero) is 1. The van der Waals surface area contributed by atoms with Crippen LogP contribution in [0.15, 0.2) is 42.6 Å². The van der Waals surface area contributed by atoms with Crippen molar-refractivity contribution >= 4 is 28.5 Å². The van der Waals surface area contributed by atoms with Crippen molar-refractivity contribution in [3.63, 3.8) is 0 Å². The number of aryl methyl sites for hydroxylation is 1. The molecule has 7 heteroatoms. The molecule has 0 bridgehead atoms. The number of hydrogen-bond donors (Lipinski definition) is 1. The van der Waals surface area contributed by atoms with Gasteiger partial charge in [-0.25, -0.2) is 9.83 Å². The van der Waals surface area contributed by atoms with Crippen molar-refractivity contribution in [2.24, 2.45) is 13.0 Å². The minimum atomic E-state index is -0.917. The van der Waals surface area contributed by atoms with E-state index in [1.165, 1.54) is 6.20 Å². The summed E-state index contributed by atoms with van der Waals surface area (Å²) in [4.78, 5) is 32.2. The average Bonchev–Trinajstić information content (AvgIpc) is 3.09. The number of fused-ring (bicyclic) bond motifs is 1. The van der Waals surface area contributed by atoms with Gasteiger partial charge < -0.3 is 14.4 Å². The first kappa shape index (κ1) is 25.1. The van der Waals surface area contributed by atoms with Gasteiger partial charge in [0.2, 0.25) is 5.69 Å². The molecule has 0 amide bonds. The highest BCUT2D eigenvalue weighted by molar-refractivity contribution is 6.09. The molecular formula is C27H31N3O4. The Hall–Kier alpha value is -3.50. The summed E-state index contributed by atoms with van der Waals surface area (Å²) in [6, 6.07) is 11.8. The third-order valence-electron chi connectivity index (χ3n) is 6.04. The van der Waals surface area contributed by atoms with Crippen LogP contribution in [0, 0.1) is 12.5 Å². The number of ketones is 1. The summed E-state index contributed by atoms with van der Waals surface area (Å²) >= 11 is 0. The largest absolute Gasteiger partial charge is 0.481 e. The highest BCUT2D eigenvalue weighted by Gasteiger charge is 2.24. The van der Waals surface area contributed by atoms with Crippen molar-refractivity contribution in [1.29, 1.82) is 0 Å². The van der Waals surface area contributed by atoms with Crippen molar-refractivity contribution in [1.82, 2.24) is 9.55 Å². The van der Waals surface area contributed by atoms with Crippen LogP contribution in [0.1, 0.15) is 67.3 Å². The van der Waals surface area contributed by atoms with Gasteiger partial charge in [-0.3, -0.25) is 9.59 Å². The first-order valence-corrected chi connectivity index (χ1v) is 11.6. The van der Waals surface area contributed by atoms with E-state index in [1.807, 2.05) is 48.9 Å². The van der Waals surface area contributed by atoms with Gasteiger partial charge in [0, 0.05) is 49.3 Å². The maximum atomic E-state index is 13.3. The lowest BCUT2D eigenvalue weighted by molar-refractivity contribution is -0.137. The Morgan fingerprint density at radius 3 is 2.59 bits per heavy atom. The van der Waals surface area contributed by atoms with Crippen LogP contribution >= 0.6 is 0 Å². The van der Waals surface area contributed by atoms with E-state index in [0.717, 1.165) is 24.1 Å². The molecule has 3 rings (SSSR count). The number of aliphatic carboxylic acids is 1. The quantitative estimate of drug-likeness (QED) is 0.206. The van der Waals surface area contributed by atoms with Gasteiger partial charge in [-0.15, -0.1) is 0 Å². The number of ether oxygens (including phenoxy) is 1. The predicted molar refractivity (Wildman–Crippen MR) is 131 cm³/mol. The van der Waals surface area contributed by atoms with Crippen LogP contribution in [0.5, 0.6) is 0 Å². The van der Waals surface area contributed by atoms with E-state index >= 15 is 0 Å². The van der Waals surface area contributed by atoms with E-state index in [4.69, 9.17) is 16.4 Å². The smallest absolute Gasteiger partial charge is 0.303 e. The van der Waals surface area contributed by atoms with Crippen molar-refractivity contribution in [2.45, 2.75) is 52.1 Å². The molecular weight excluding hydrogens is 430 g/mol. The van der Waals surface area contributed by atoms with Gasteiger partial charge in [-0.2, -0.15) is 0 Å². The molecule has 3 aromatic rings. The Labute approximate surface area is 200 Å². The van der Waals surface area contributed by atoms with E-state index < -0.39 is 5.97 Å². The van der Waals surface area contributed by atoms with E-state index in [-0.39, 0.29) is 30.6 Å². The van der Waals surface area contributed by atoms with Crippen molar-refractivity contribution in [3.05, 3.63) is 70.8 Å². The van der Waals surface area contributed by atoms with E-state index in [1.54, 1.807) is 13.0 Å². The van der Waals surface area contributed by atoms with Gasteiger partial charge in [0.25, 0.3) is 0 Å². The third kappa shape index (κ3) is 6.09. The molecule has 2 heterocycles. The van der Waals surface area contributed by atoms with Crippen LogP contribution in [0.2, 0.25) is 0 Å². The third-order valence-corrected chi connectivity index (χ3v) is 6.04. The van der Waals surface area contributed by atoms with Gasteiger partial charge in [0.1, 0.15) is 5.65 Å².